The minimum Gasteiger partial charge on any atom is -0.312 e. The highest BCUT2D eigenvalue weighted by molar-refractivity contribution is 5.79. The molecule has 1 aromatic carbocycles. The molecule has 2 nitrogen and oxygen atoms in total. The average molecular weight is 213 g/mol. The third kappa shape index (κ3) is 1.45. The van der Waals surface area contributed by atoms with Crippen LogP contribution in [0.3, 0.4) is 0 Å². The first-order valence-corrected chi connectivity index (χ1v) is 5.92. The molecule has 1 unspecified atom stereocenters. The fourth-order valence-electron chi connectivity index (χ4n) is 2.71. The molecular weight excluding hydrogens is 198 g/mol. The molecule has 0 radical (unpaired) electrons. The SMILES string of the molecule is O=C1CCc2ccccc2C2CCC=CN12. The van der Waals surface area contributed by atoms with Crippen LogP contribution in [0.4, 0.5) is 0 Å². The van der Waals surface area contributed by atoms with Crippen LogP contribution < -0.4 is 0 Å². The number of amides is 1. The molecule has 2 heterocycles. The van der Waals surface area contributed by atoms with Crippen molar-refractivity contribution in [1.82, 2.24) is 4.90 Å². The van der Waals surface area contributed by atoms with Crippen LogP contribution in [0.2, 0.25) is 0 Å². The Kier molecular flexibility index (Phi) is 2.28. The van der Waals surface area contributed by atoms with Crippen LogP contribution in [0.1, 0.15) is 36.4 Å². The number of carbonyl (C=O) groups excluding carboxylic acids is 1. The van der Waals surface area contributed by atoms with Crippen LogP contribution >= 0.6 is 0 Å². The van der Waals surface area contributed by atoms with E-state index in [-0.39, 0.29) is 11.9 Å². The van der Waals surface area contributed by atoms with E-state index in [4.69, 9.17) is 0 Å². The summed E-state index contributed by atoms with van der Waals surface area (Å²) in [5.74, 6) is 0.261. The van der Waals surface area contributed by atoms with E-state index >= 15 is 0 Å². The smallest absolute Gasteiger partial charge is 0.227 e. The van der Waals surface area contributed by atoms with Gasteiger partial charge in [0.05, 0.1) is 6.04 Å². The van der Waals surface area contributed by atoms with Gasteiger partial charge in [0.2, 0.25) is 5.91 Å². The van der Waals surface area contributed by atoms with Crippen LogP contribution in [0, 0.1) is 0 Å². The predicted octanol–water partition coefficient (Wildman–Crippen LogP) is 2.81. The van der Waals surface area contributed by atoms with Gasteiger partial charge in [-0.25, -0.2) is 0 Å². The molecule has 0 N–H and O–H groups in total. The lowest BCUT2D eigenvalue weighted by atomic mass is 9.94. The molecule has 1 aromatic rings. The topological polar surface area (TPSA) is 20.3 Å². The molecule has 3 rings (SSSR count). The third-order valence-corrected chi connectivity index (χ3v) is 3.52. The van der Waals surface area contributed by atoms with Crippen molar-refractivity contribution in [1.29, 1.82) is 0 Å². The van der Waals surface area contributed by atoms with Crippen molar-refractivity contribution in [3.05, 3.63) is 47.7 Å². The Labute approximate surface area is 95.6 Å². The quantitative estimate of drug-likeness (QED) is 0.649. The van der Waals surface area contributed by atoms with Gasteiger partial charge in [0, 0.05) is 12.6 Å². The van der Waals surface area contributed by atoms with Crippen molar-refractivity contribution in [2.45, 2.75) is 31.7 Å². The van der Waals surface area contributed by atoms with Crippen molar-refractivity contribution in [2.24, 2.45) is 0 Å². The largest absolute Gasteiger partial charge is 0.312 e. The van der Waals surface area contributed by atoms with Crippen LogP contribution in [-0.4, -0.2) is 10.8 Å². The molecule has 1 atom stereocenters. The highest BCUT2D eigenvalue weighted by atomic mass is 16.2. The van der Waals surface area contributed by atoms with Gasteiger partial charge in [-0.2, -0.15) is 0 Å². The average Bonchev–Trinajstić information content (AvgIpc) is 2.49. The van der Waals surface area contributed by atoms with Gasteiger partial charge < -0.3 is 4.90 Å². The molecule has 0 saturated heterocycles. The number of aryl methyl sites for hydroxylation is 1. The molecule has 16 heavy (non-hydrogen) atoms. The van der Waals surface area contributed by atoms with Crippen LogP contribution in [0.15, 0.2) is 36.5 Å². The van der Waals surface area contributed by atoms with E-state index in [1.807, 2.05) is 11.1 Å². The maximum absolute atomic E-state index is 12.0. The molecule has 1 amide bonds. The van der Waals surface area contributed by atoms with E-state index < -0.39 is 0 Å². The van der Waals surface area contributed by atoms with Gasteiger partial charge in [-0.05, 0) is 30.4 Å². The zero-order valence-electron chi connectivity index (χ0n) is 9.23. The Balaban J connectivity index is 2.10. The molecule has 2 aliphatic rings. The Morgan fingerprint density at radius 2 is 2.06 bits per heavy atom. The summed E-state index contributed by atoms with van der Waals surface area (Å²) >= 11 is 0. The molecule has 82 valence electrons. The number of hydrogen-bond acceptors (Lipinski definition) is 1. The van der Waals surface area contributed by atoms with Crippen molar-refractivity contribution < 1.29 is 4.79 Å². The molecule has 0 spiro atoms. The number of fused-ring (bicyclic) bond motifs is 3. The highest BCUT2D eigenvalue weighted by Crippen LogP contribution is 2.35. The first-order valence-electron chi connectivity index (χ1n) is 5.92. The summed E-state index contributed by atoms with van der Waals surface area (Å²) in [6.07, 6.45) is 7.72. The van der Waals surface area contributed by atoms with Gasteiger partial charge in [0.1, 0.15) is 0 Å². The Morgan fingerprint density at radius 1 is 1.19 bits per heavy atom. The molecule has 0 aromatic heterocycles. The van der Waals surface area contributed by atoms with E-state index in [1.165, 1.54) is 11.1 Å². The lowest BCUT2D eigenvalue weighted by Gasteiger charge is -2.30. The monoisotopic (exact) mass is 213 g/mol. The lowest BCUT2D eigenvalue weighted by Crippen LogP contribution is -2.30. The third-order valence-electron chi connectivity index (χ3n) is 3.52. The fraction of sp³-hybridized carbons (Fsp3) is 0.357. The first-order chi connectivity index (χ1) is 7.86. The maximum atomic E-state index is 12.0. The van der Waals surface area contributed by atoms with Gasteiger partial charge >= 0.3 is 0 Å². The van der Waals surface area contributed by atoms with E-state index in [1.54, 1.807) is 0 Å². The van der Waals surface area contributed by atoms with Crippen LogP contribution in [0.5, 0.6) is 0 Å². The number of carbonyl (C=O) groups is 1. The summed E-state index contributed by atoms with van der Waals surface area (Å²) in [6, 6.07) is 8.74. The van der Waals surface area contributed by atoms with Gasteiger partial charge in [-0.15, -0.1) is 0 Å². The zero-order chi connectivity index (χ0) is 11.0. The second-order valence-electron chi connectivity index (χ2n) is 4.48. The zero-order valence-corrected chi connectivity index (χ0v) is 9.23. The number of benzene rings is 1. The van der Waals surface area contributed by atoms with Crippen LogP contribution in [-0.2, 0) is 11.2 Å². The molecule has 2 heteroatoms. The van der Waals surface area contributed by atoms with E-state index in [0.717, 1.165) is 19.3 Å². The second-order valence-corrected chi connectivity index (χ2v) is 4.48. The van der Waals surface area contributed by atoms with E-state index in [0.29, 0.717) is 6.42 Å². The standard InChI is InChI=1S/C14H15NO/c16-14-9-8-11-5-1-2-6-12(11)13-7-3-4-10-15(13)14/h1-2,4-6,10,13H,3,7-9H2. The van der Waals surface area contributed by atoms with Crippen molar-refractivity contribution in [3.8, 4) is 0 Å². The highest BCUT2D eigenvalue weighted by Gasteiger charge is 2.29. The second kappa shape index (κ2) is 3.78. The van der Waals surface area contributed by atoms with Crippen molar-refractivity contribution >= 4 is 5.91 Å². The summed E-state index contributed by atoms with van der Waals surface area (Å²) in [7, 11) is 0. The molecular formula is C14H15NO. The maximum Gasteiger partial charge on any atom is 0.227 e. The summed E-state index contributed by atoms with van der Waals surface area (Å²) in [5, 5.41) is 0. The van der Waals surface area contributed by atoms with Crippen molar-refractivity contribution in [2.75, 3.05) is 0 Å². The molecule has 0 bridgehead atoms. The fourth-order valence-corrected chi connectivity index (χ4v) is 2.71. The normalized spacial score (nSPS) is 23.6. The Bertz CT molecular complexity index is 450. The van der Waals surface area contributed by atoms with Crippen molar-refractivity contribution in [3.63, 3.8) is 0 Å². The van der Waals surface area contributed by atoms with Gasteiger partial charge in [-0.3, -0.25) is 4.79 Å². The molecule has 0 aliphatic carbocycles. The minimum absolute atomic E-state index is 0.261. The number of allylic oxidation sites excluding steroid dienone is 1. The summed E-state index contributed by atoms with van der Waals surface area (Å²) in [5.41, 5.74) is 2.69. The van der Waals surface area contributed by atoms with Crippen LogP contribution in [0.25, 0.3) is 0 Å². The molecule has 0 fully saturated rings. The van der Waals surface area contributed by atoms with Gasteiger partial charge in [-0.1, -0.05) is 30.3 Å². The molecule has 0 saturated carbocycles. The minimum atomic E-state index is 0.261. The Hall–Kier alpha value is -1.57. The number of nitrogens with zero attached hydrogens (tertiary/aromatic N) is 1. The summed E-state index contributed by atoms with van der Waals surface area (Å²) in [6.45, 7) is 0. The number of rotatable bonds is 0. The summed E-state index contributed by atoms with van der Waals surface area (Å²) in [4.78, 5) is 13.9. The van der Waals surface area contributed by atoms with E-state index in [2.05, 4.69) is 30.3 Å². The lowest BCUT2D eigenvalue weighted by molar-refractivity contribution is -0.130. The summed E-state index contributed by atoms with van der Waals surface area (Å²) < 4.78 is 0. The van der Waals surface area contributed by atoms with Gasteiger partial charge in [0.25, 0.3) is 0 Å². The van der Waals surface area contributed by atoms with E-state index in [9.17, 15) is 4.79 Å². The first kappa shape index (κ1) is 9.64. The molecule has 2 aliphatic heterocycles. The number of hydrogen-bond donors (Lipinski definition) is 0. The Morgan fingerprint density at radius 3 is 3.00 bits per heavy atom. The van der Waals surface area contributed by atoms with Gasteiger partial charge in [0.15, 0.2) is 0 Å². The predicted molar refractivity (Wildman–Crippen MR) is 62.7 cm³/mol.